The first kappa shape index (κ1) is 10.8. The maximum absolute atomic E-state index is 11.4. The molecular formula is C8H12N4OS. The molecular weight excluding hydrogens is 200 g/mol. The van der Waals surface area contributed by atoms with Crippen LogP contribution in [0.15, 0.2) is 12.7 Å². The zero-order chi connectivity index (χ0) is 10.6. The van der Waals surface area contributed by atoms with Gasteiger partial charge in [-0.3, -0.25) is 10.1 Å². The van der Waals surface area contributed by atoms with Crippen LogP contribution in [0.3, 0.4) is 0 Å². The molecule has 14 heavy (non-hydrogen) atoms. The lowest BCUT2D eigenvalue weighted by Gasteiger charge is -2.06. The molecule has 0 aliphatic rings. The van der Waals surface area contributed by atoms with Crippen molar-refractivity contribution in [2.24, 2.45) is 5.73 Å². The van der Waals surface area contributed by atoms with Crippen molar-refractivity contribution in [3.05, 3.63) is 18.5 Å². The third-order valence-corrected chi connectivity index (χ3v) is 2.24. The molecule has 0 saturated carbocycles. The molecule has 76 valence electrons. The summed E-state index contributed by atoms with van der Waals surface area (Å²) >= 11 is 1.14. The minimum Gasteiger partial charge on any atom is -0.320 e. The number of nitrogens with zero attached hydrogens (tertiary/aromatic N) is 2. The van der Waals surface area contributed by atoms with E-state index in [-0.39, 0.29) is 5.91 Å². The lowest BCUT2D eigenvalue weighted by atomic mass is 10.2. The molecule has 0 aliphatic heterocycles. The van der Waals surface area contributed by atoms with Crippen LogP contribution in [0.4, 0.5) is 5.13 Å². The number of amides is 1. The van der Waals surface area contributed by atoms with E-state index in [1.165, 1.54) is 0 Å². The Kier molecular flexibility index (Phi) is 3.73. The predicted molar refractivity (Wildman–Crippen MR) is 56.1 cm³/mol. The Balaban J connectivity index is 2.52. The van der Waals surface area contributed by atoms with Gasteiger partial charge in [0.25, 0.3) is 0 Å². The van der Waals surface area contributed by atoms with Crippen molar-refractivity contribution < 1.29 is 4.79 Å². The summed E-state index contributed by atoms with van der Waals surface area (Å²) in [6.07, 6.45) is 2.05. The molecule has 1 amide bonds. The predicted octanol–water partition coefficient (Wildman–Crippen LogP) is 0.688. The quantitative estimate of drug-likeness (QED) is 0.719. The summed E-state index contributed by atoms with van der Waals surface area (Å²) in [6, 6.07) is -0.572. The maximum Gasteiger partial charge on any atom is 0.243 e. The van der Waals surface area contributed by atoms with Crippen molar-refractivity contribution in [1.29, 1.82) is 0 Å². The fourth-order valence-corrected chi connectivity index (χ4v) is 1.41. The number of carbonyl (C=O) groups excluding carboxylic acids is 1. The van der Waals surface area contributed by atoms with E-state index in [0.717, 1.165) is 11.5 Å². The van der Waals surface area contributed by atoms with Crippen molar-refractivity contribution in [3.8, 4) is 0 Å². The summed E-state index contributed by atoms with van der Waals surface area (Å²) < 4.78 is 3.93. The van der Waals surface area contributed by atoms with Gasteiger partial charge in [0.2, 0.25) is 11.0 Å². The summed E-state index contributed by atoms with van der Waals surface area (Å²) in [5.41, 5.74) is 5.56. The zero-order valence-corrected chi connectivity index (χ0v) is 8.67. The first-order valence-electron chi connectivity index (χ1n) is 4.11. The highest BCUT2D eigenvalue weighted by Crippen LogP contribution is 2.10. The fourth-order valence-electron chi connectivity index (χ4n) is 0.833. The molecule has 6 heteroatoms. The maximum atomic E-state index is 11.4. The van der Waals surface area contributed by atoms with Crippen LogP contribution in [0, 0.1) is 6.92 Å². The lowest BCUT2D eigenvalue weighted by molar-refractivity contribution is -0.117. The Morgan fingerprint density at radius 3 is 3.07 bits per heavy atom. The van der Waals surface area contributed by atoms with Crippen molar-refractivity contribution in [1.82, 2.24) is 9.36 Å². The monoisotopic (exact) mass is 212 g/mol. The van der Waals surface area contributed by atoms with Gasteiger partial charge in [-0.05, 0) is 13.3 Å². The molecule has 0 spiro atoms. The van der Waals surface area contributed by atoms with Crippen molar-refractivity contribution in [2.45, 2.75) is 19.4 Å². The van der Waals surface area contributed by atoms with E-state index in [2.05, 4.69) is 21.3 Å². The SMILES string of the molecule is C=CCC(N)C(=O)Nc1nc(C)ns1. The average molecular weight is 212 g/mol. The Morgan fingerprint density at radius 2 is 2.57 bits per heavy atom. The normalized spacial score (nSPS) is 12.1. The van der Waals surface area contributed by atoms with Crippen LogP contribution in [0.5, 0.6) is 0 Å². The minimum absolute atomic E-state index is 0.263. The van der Waals surface area contributed by atoms with Crippen molar-refractivity contribution in [3.63, 3.8) is 0 Å². The van der Waals surface area contributed by atoms with Gasteiger partial charge in [-0.1, -0.05) is 6.08 Å². The van der Waals surface area contributed by atoms with Gasteiger partial charge in [-0.15, -0.1) is 6.58 Å². The number of hydrogen-bond acceptors (Lipinski definition) is 5. The smallest absolute Gasteiger partial charge is 0.243 e. The van der Waals surface area contributed by atoms with Crippen LogP contribution in [0.2, 0.25) is 0 Å². The molecule has 0 radical (unpaired) electrons. The van der Waals surface area contributed by atoms with Gasteiger partial charge in [-0.2, -0.15) is 4.37 Å². The number of nitrogens with one attached hydrogen (secondary N) is 1. The molecule has 1 atom stereocenters. The number of carbonyl (C=O) groups is 1. The van der Waals surface area contributed by atoms with E-state index in [0.29, 0.717) is 17.4 Å². The number of aromatic nitrogens is 2. The third-order valence-electron chi connectivity index (χ3n) is 1.52. The van der Waals surface area contributed by atoms with Crippen LogP contribution in [-0.2, 0) is 4.79 Å². The van der Waals surface area contributed by atoms with Gasteiger partial charge < -0.3 is 5.73 Å². The number of aryl methyl sites for hydroxylation is 1. The summed E-state index contributed by atoms with van der Waals surface area (Å²) in [5.74, 6) is 0.378. The molecule has 0 saturated heterocycles. The van der Waals surface area contributed by atoms with E-state index in [1.807, 2.05) is 0 Å². The molecule has 1 aromatic rings. The topological polar surface area (TPSA) is 80.9 Å². The number of nitrogens with two attached hydrogens (primary N) is 1. The molecule has 0 fully saturated rings. The van der Waals surface area contributed by atoms with Crippen molar-refractivity contribution >= 4 is 22.6 Å². The second-order valence-corrected chi connectivity index (χ2v) is 3.52. The Hall–Kier alpha value is -1.27. The second kappa shape index (κ2) is 4.83. The molecule has 5 nitrogen and oxygen atoms in total. The Labute approximate surface area is 86.2 Å². The third kappa shape index (κ3) is 2.90. The van der Waals surface area contributed by atoms with Gasteiger partial charge in [0, 0.05) is 11.5 Å². The van der Waals surface area contributed by atoms with E-state index < -0.39 is 6.04 Å². The molecule has 1 aromatic heterocycles. The van der Waals surface area contributed by atoms with Crippen molar-refractivity contribution in [2.75, 3.05) is 5.32 Å². The molecule has 1 rings (SSSR count). The Bertz CT molecular complexity index is 336. The molecule has 0 aliphatic carbocycles. The van der Waals surface area contributed by atoms with Gasteiger partial charge >= 0.3 is 0 Å². The second-order valence-electron chi connectivity index (χ2n) is 2.77. The first-order valence-corrected chi connectivity index (χ1v) is 4.88. The van der Waals surface area contributed by atoms with E-state index in [4.69, 9.17) is 5.73 Å². The van der Waals surface area contributed by atoms with E-state index in [1.54, 1.807) is 13.0 Å². The molecule has 1 heterocycles. The highest BCUT2D eigenvalue weighted by Gasteiger charge is 2.13. The minimum atomic E-state index is -0.572. The van der Waals surface area contributed by atoms with Crippen LogP contribution in [0.1, 0.15) is 12.2 Å². The Morgan fingerprint density at radius 1 is 1.86 bits per heavy atom. The summed E-state index contributed by atoms with van der Waals surface area (Å²) in [6.45, 7) is 5.27. The first-order chi connectivity index (χ1) is 6.63. The highest BCUT2D eigenvalue weighted by molar-refractivity contribution is 7.09. The van der Waals surface area contributed by atoms with Gasteiger partial charge in [0.15, 0.2) is 0 Å². The molecule has 0 bridgehead atoms. The number of anilines is 1. The zero-order valence-electron chi connectivity index (χ0n) is 7.86. The van der Waals surface area contributed by atoms with Gasteiger partial charge in [0.1, 0.15) is 5.82 Å². The van der Waals surface area contributed by atoms with E-state index in [9.17, 15) is 4.79 Å². The highest BCUT2D eigenvalue weighted by atomic mass is 32.1. The molecule has 0 aromatic carbocycles. The summed E-state index contributed by atoms with van der Waals surface area (Å²) in [7, 11) is 0. The fraction of sp³-hybridized carbons (Fsp3) is 0.375. The van der Waals surface area contributed by atoms with Crippen LogP contribution in [-0.4, -0.2) is 21.3 Å². The average Bonchev–Trinajstić information content (AvgIpc) is 2.51. The standard InChI is InChI=1S/C8H12N4OS/c1-3-4-6(9)7(13)11-8-10-5(2)12-14-8/h3,6H,1,4,9H2,2H3,(H,10,11,12,13). The van der Waals surface area contributed by atoms with Crippen LogP contribution < -0.4 is 11.1 Å². The number of hydrogen-bond donors (Lipinski definition) is 2. The number of rotatable bonds is 4. The summed E-state index contributed by atoms with van der Waals surface area (Å²) in [5, 5.41) is 3.06. The van der Waals surface area contributed by atoms with Gasteiger partial charge in [0.05, 0.1) is 6.04 Å². The summed E-state index contributed by atoms with van der Waals surface area (Å²) in [4.78, 5) is 15.4. The van der Waals surface area contributed by atoms with Gasteiger partial charge in [-0.25, -0.2) is 4.98 Å². The molecule has 3 N–H and O–H groups in total. The van der Waals surface area contributed by atoms with Crippen LogP contribution >= 0.6 is 11.5 Å². The largest absolute Gasteiger partial charge is 0.320 e. The molecule has 1 unspecified atom stereocenters. The lowest BCUT2D eigenvalue weighted by Crippen LogP contribution is -2.34. The van der Waals surface area contributed by atoms with E-state index >= 15 is 0 Å². The van der Waals surface area contributed by atoms with Crippen LogP contribution in [0.25, 0.3) is 0 Å².